The molecule has 1 aromatic heterocycles. The molecule has 1 heterocycles. The van der Waals surface area contributed by atoms with Gasteiger partial charge in [-0.15, -0.1) is 0 Å². The van der Waals surface area contributed by atoms with Crippen LogP contribution in [0.5, 0.6) is 0 Å². The van der Waals surface area contributed by atoms with Crippen LogP contribution in [-0.2, 0) is 0 Å². The Hall–Kier alpha value is -3.65. The van der Waals surface area contributed by atoms with Gasteiger partial charge >= 0.3 is 6.03 Å². The maximum absolute atomic E-state index is 12.9. The minimum Gasteiger partial charge on any atom is -0.436 e. The Labute approximate surface area is 169 Å². The normalized spacial score (nSPS) is 10.7. The van der Waals surface area contributed by atoms with Gasteiger partial charge in [-0.05, 0) is 66.5 Å². The van der Waals surface area contributed by atoms with Gasteiger partial charge in [0.05, 0.1) is 0 Å². The lowest BCUT2D eigenvalue weighted by molar-refractivity contribution is 0.0965. The number of urea groups is 1. The molecule has 0 aliphatic heterocycles. The van der Waals surface area contributed by atoms with E-state index in [1.165, 1.54) is 12.1 Å². The lowest BCUT2D eigenvalue weighted by Gasteiger charge is -2.06. The average molecular weight is 407 g/mol. The van der Waals surface area contributed by atoms with Gasteiger partial charge in [-0.1, -0.05) is 18.2 Å². The first-order chi connectivity index (χ1) is 14.1. The fourth-order valence-electron chi connectivity index (χ4n) is 2.58. The quantitative estimate of drug-likeness (QED) is 0.476. The molecule has 4 rings (SSSR count). The minimum atomic E-state index is -0.686. The summed E-state index contributed by atoms with van der Waals surface area (Å²) in [6, 6.07) is 19.1. The van der Waals surface area contributed by atoms with Gasteiger partial charge in [0.1, 0.15) is 11.3 Å². The predicted octanol–water partition coefficient (Wildman–Crippen LogP) is 4.78. The van der Waals surface area contributed by atoms with Crippen molar-refractivity contribution in [3.63, 3.8) is 0 Å². The highest BCUT2D eigenvalue weighted by molar-refractivity contribution is 7.98. The Kier molecular flexibility index (Phi) is 5.26. The molecule has 0 aliphatic rings. The number of carbonyl (C=O) groups is 2. The second-order valence-corrected chi connectivity index (χ2v) is 6.89. The van der Waals surface area contributed by atoms with Crippen LogP contribution in [0.2, 0.25) is 0 Å². The Morgan fingerprint density at radius 1 is 0.966 bits per heavy atom. The number of hydrogen-bond donors (Lipinski definition) is 2. The fraction of sp³-hybridized carbons (Fsp3) is 0. The molecule has 0 unspecified atom stereocenters. The highest BCUT2D eigenvalue weighted by Gasteiger charge is 2.12. The predicted molar refractivity (Wildman–Crippen MR) is 108 cm³/mol. The number of hydrogen-bond acceptors (Lipinski definition) is 5. The van der Waals surface area contributed by atoms with E-state index in [1.54, 1.807) is 18.2 Å². The summed E-state index contributed by atoms with van der Waals surface area (Å²) in [7, 11) is 0. The van der Waals surface area contributed by atoms with Crippen LogP contribution >= 0.6 is 11.9 Å². The summed E-state index contributed by atoms with van der Waals surface area (Å²) in [5.41, 5.74) is 2.33. The van der Waals surface area contributed by atoms with Crippen LogP contribution in [0.25, 0.3) is 22.6 Å². The lowest BCUT2D eigenvalue weighted by atomic mass is 10.2. The van der Waals surface area contributed by atoms with Crippen LogP contribution in [0.15, 0.2) is 82.1 Å². The van der Waals surface area contributed by atoms with E-state index in [-0.39, 0.29) is 5.56 Å². The minimum absolute atomic E-state index is 0.184. The summed E-state index contributed by atoms with van der Waals surface area (Å²) in [4.78, 5) is 29.1. The number of halogens is 1. The van der Waals surface area contributed by atoms with Gasteiger partial charge in [0.15, 0.2) is 5.58 Å². The van der Waals surface area contributed by atoms with E-state index in [0.717, 1.165) is 34.5 Å². The fourth-order valence-corrected chi connectivity index (χ4v) is 3.15. The maximum Gasteiger partial charge on any atom is 0.331 e. The summed E-state index contributed by atoms with van der Waals surface area (Å²) < 4.78 is 21.2. The Morgan fingerprint density at radius 2 is 1.72 bits per heavy atom. The maximum atomic E-state index is 12.9. The highest BCUT2D eigenvalue weighted by atomic mass is 32.2. The highest BCUT2D eigenvalue weighted by Crippen LogP contribution is 2.27. The standard InChI is InChI=1S/C21H14FN3O3S/c22-15-8-6-13(7-9-15)19(26)24-21(27)25-29-16-10-11-18-17(12-16)23-20(28-18)14-4-2-1-3-5-14/h1-12H,(H2,24,25,26,27). The first-order valence-corrected chi connectivity index (χ1v) is 9.40. The number of fused-ring (bicyclic) bond motifs is 1. The Morgan fingerprint density at radius 3 is 2.48 bits per heavy atom. The molecule has 2 N–H and O–H groups in total. The zero-order valence-corrected chi connectivity index (χ0v) is 15.7. The third-order valence-electron chi connectivity index (χ3n) is 3.97. The third-order valence-corrected chi connectivity index (χ3v) is 4.75. The van der Waals surface area contributed by atoms with Crippen molar-refractivity contribution in [1.29, 1.82) is 0 Å². The van der Waals surface area contributed by atoms with Gasteiger partial charge in [0.25, 0.3) is 5.91 Å². The largest absolute Gasteiger partial charge is 0.436 e. The summed E-state index contributed by atoms with van der Waals surface area (Å²) in [5.74, 6) is -0.568. The number of carbonyl (C=O) groups excluding carboxylic acids is 2. The van der Waals surface area contributed by atoms with Crippen molar-refractivity contribution in [3.05, 3.63) is 84.2 Å². The molecular formula is C21H14FN3O3S. The number of benzene rings is 3. The number of aromatic nitrogens is 1. The molecule has 8 heteroatoms. The van der Waals surface area contributed by atoms with Crippen molar-refractivity contribution in [1.82, 2.24) is 15.0 Å². The van der Waals surface area contributed by atoms with Crippen molar-refractivity contribution in [2.75, 3.05) is 0 Å². The average Bonchev–Trinajstić information content (AvgIpc) is 3.17. The van der Waals surface area contributed by atoms with Gasteiger partial charge in [0, 0.05) is 16.0 Å². The van der Waals surface area contributed by atoms with Gasteiger partial charge in [0.2, 0.25) is 5.89 Å². The zero-order valence-electron chi connectivity index (χ0n) is 14.9. The Bertz CT molecular complexity index is 1180. The molecule has 144 valence electrons. The molecule has 0 spiro atoms. The van der Waals surface area contributed by atoms with Gasteiger partial charge < -0.3 is 4.42 Å². The number of rotatable bonds is 4. The van der Waals surface area contributed by atoms with E-state index in [0.29, 0.717) is 17.0 Å². The Balaban J connectivity index is 1.39. The third kappa shape index (κ3) is 4.44. The van der Waals surface area contributed by atoms with Crippen LogP contribution in [0.4, 0.5) is 9.18 Å². The SMILES string of the molecule is O=C(NSc1ccc2oc(-c3ccccc3)nc2c1)NC(=O)c1ccc(F)cc1. The molecule has 3 amide bonds. The molecule has 0 radical (unpaired) electrons. The second-order valence-electron chi connectivity index (χ2n) is 6.01. The zero-order chi connectivity index (χ0) is 20.2. The molecule has 4 aromatic rings. The molecule has 0 fully saturated rings. The lowest BCUT2D eigenvalue weighted by Crippen LogP contribution is -2.36. The molecule has 6 nitrogen and oxygen atoms in total. The van der Waals surface area contributed by atoms with Gasteiger partial charge in [-0.2, -0.15) is 0 Å². The van der Waals surface area contributed by atoms with Crippen LogP contribution in [-0.4, -0.2) is 16.9 Å². The van der Waals surface area contributed by atoms with E-state index in [9.17, 15) is 14.0 Å². The van der Waals surface area contributed by atoms with Crippen molar-refractivity contribution < 1.29 is 18.4 Å². The number of oxazole rings is 1. The van der Waals surface area contributed by atoms with Crippen molar-refractivity contribution in [2.24, 2.45) is 0 Å². The first kappa shape index (κ1) is 18.7. The van der Waals surface area contributed by atoms with E-state index in [2.05, 4.69) is 15.0 Å². The molecule has 0 bridgehead atoms. The second kappa shape index (κ2) is 8.15. The molecule has 0 aliphatic carbocycles. The summed E-state index contributed by atoms with van der Waals surface area (Å²) >= 11 is 1.03. The van der Waals surface area contributed by atoms with E-state index in [1.807, 2.05) is 30.3 Å². The molecular weight excluding hydrogens is 393 g/mol. The van der Waals surface area contributed by atoms with E-state index in [4.69, 9.17) is 4.42 Å². The number of amides is 3. The first-order valence-electron chi connectivity index (χ1n) is 8.58. The van der Waals surface area contributed by atoms with Crippen LogP contribution in [0, 0.1) is 5.82 Å². The molecule has 0 saturated heterocycles. The van der Waals surface area contributed by atoms with Crippen LogP contribution in [0.1, 0.15) is 10.4 Å². The van der Waals surface area contributed by atoms with Crippen LogP contribution < -0.4 is 10.0 Å². The molecule has 29 heavy (non-hydrogen) atoms. The monoisotopic (exact) mass is 407 g/mol. The molecule has 0 atom stereocenters. The number of nitrogens with one attached hydrogen (secondary N) is 2. The smallest absolute Gasteiger partial charge is 0.331 e. The number of nitrogens with zero attached hydrogens (tertiary/aromatic N) is 1. The summed E-state index contributed by atoms with van der Waals surface area (Å²) in [5, 5.41) is 2.18. The topological polar surface area (TPSA) is 84.2 Å². The molecule has 3 aromatic carbocycles. The van der Waals surface area contributed by atoms with Crippen LogP contribution in [0.3, 0.4) is 0 Å². The van der Waals surface area contributed by atoms with E-state index < -0.39 is 17.8 Å². The summed E-state index contributed by atoms with van der Waals surface area (Å²) in [6.07, 6.45) is 0. The molecule has 0 saturated carbocycles. The van der Waals surface area contributed by atoms with Crippen molar-refractivity contribution >= 4 is 35.0 Å². The van der Waals surface area contributed by atoms with Gasteiger partial charge in [-0.3, -0.25) is 14.8 Å². The van der Waals surface area contributed by atoms with Crippen molar-refractivity contribution in [2.45, 2.75) is 4.90 Å². The van der Waals surface area contributed by atoms with Gasteiger partial charge in [-0.25, -0.2) is 14.2 Å². The summed E-state index contributed by atoms with van der Waals surface area (Å²) in [6.45, 7) is 0. The van der Waals surface area contributed by atoms with E-state index >= 15 is 0 Å². The number of imide groups is 1. The van der Waals surface area contributed by atoms with Crippen molar-refractivity contribution in [3.8, 4) is 11.5 Å².